The second-order valence-corrected chi connectivity index (χ2v) is 5.34. The first-order valence-electron chi connectivity index (χ1n) is 7.23. The number of piperazine rings is 1. The van der Waals surface area contributed by atoms with Crippen molar-refractivity contribution in [3.8, 4) is 0 Å². The second-order valence-electron chi connectivity index (χ2n) is 5.34. The van der Waals surface area contributed by atoms with Crippen molar-refractivity contribution in [1.82, 2.24) is 19.6 Å². The van der Waals surface area contributed by atoms with Gasteiger partial charge in [-0.25, -0.2) is 0 Å². The van der Waals surface area contributed by atoms with Crippen molar-refractivity contribution < 1.29 is 14.7 Å². The van der Waals surface area contributed by atoms with E-state index in [1.54, 1.807) is 23.6 Å². The number of rotatable bonds is 4. The Kier molecular flexibility index (Phi) is 4.62. The SMILES string of the molecule is CCc1cc(C(=O)N2CCN(C(C)C(=O)O)CC2)n(C)n1. The summed E-state index contributed by atoms with van der Waals surface area (Å²) < 4.78 is 1.62. The Morgan fingerprint density at radius 1 is 1.33 bits per heavy atom. The summed E-state index contributed by atoms with van der Waals surface area (Å²) in [5.74, 6) is -0.860. The van der Waals surface area contributed by atoms with Gasteiger partial charge in [-0.1, -0.05) is 6.92 Å². The lowest BCUT2D eigenvalue weighted by molar-refractivity contribution is -0.143. The molecule has 0 saturated carbocycles. The Bertz CT molecular complexity index is 532. The van der Waals surface area contributed by atoms with Gasteiger partial charge in [-0.15, -0.1) is 0 Å². The van der Waals surface area contributed by atoms with Crippen molar-refractivity contribution in [2.45, 2.75) is 26.3 Å². The summed E-state index contributed by atoms with van der Waals surface area (Å²) in [5, 5.41) is 13.3. The van der Waals surface area contributed by atoms with Gasteiger partial charge >= 0.3 is 5.97 Å². The highest BCUT2D eigenvalue weighted by atomic mass is 16.4. The summed E-state index contributed by atoms with van der Waals surface area (Å²) in [6, 6.07) is 1.32. The Labute approximate surface area is 124 Å². The van der Waals surface area contributed by atoms with Crippen LogP contribution in [0, 0.1) is 0 Å². The lowest BCUT2D eigenvalue weighted by Gasteiger charge is -2.36. The average molecular weight is 294 g/mol. The van der Waals surface area contributed by atoms with Gasteiger partial charge in [0, 0.05) is 33.2 Å². The molecule has 1 fully saturated rings. The van der Waals surface area contributed by atoms with Gasteiger partial charge in [-0.2, -0.15) is 5.10 Å². The molecule has 2 rings (SSSR count). The normalized spacial score (nSPS) is 17.8. The van der Waals surface area contributed by atoms with Crippen molar-refractivity contribution in [2.75, 3.05) is 26.2 Å². The number of aryl methyl sites for hydroxylation is 2. The van der Waals surface area contributed by atoms with Crippen LogP contribution in [0.3, 0.4) is 0 Å². The molecule has 0 spiro atoms. The van der Waals surface area contributed by atoms with Crippen LogP contribution in [-0.2, 0) is 18.3 Å². The fraction of sp³-hybridized carbons (Fsp3) is 0.643. The summed E-state index contributed by atoms with van der Waals surface area (Å²) in [7, 11) is 1.77. The molecule has 1 aromatic rings. The van der Waals surface area contributed by atoms with Gasteiger partial charge in [0.25, 0.3) is 5.91 Å². The molecule has 21 heavy (non-hydrogen) atoms. The fourth-order valence-electron chi connectivity index (χ4n) is 2.53. The van der Waals surface area contributed by atoms with E-state index in [4.69, 9.17) is 5.11 Å². The van der Waals surface area contributed by atoms with Crippen LogP contribution in [0.4, 0.5) is 0 Å². The third-order valence-corrected chi connectivity index (χ3v) is 4.02. The van der Waals surface area contributed by atoms with Crippen LogP contribution in [-0.4, -0.2) is 68.8 Å². The number of hydrogen-bond acceptors (Lipinski definition) is 4. The third-order valence-electron chi connectivity index (χ3n) is 4.02. The molecule has 0 aromatic carbocycles. The minimum absolute atomic E-state index is 0.0349. The molecular weight excluding hydrogens is 272 g/mol. The summed E-state index contributed by atoms with van der Waals surface area (Å²) in [5.41, 5.74) is 1.49. The quantitative estimate of drug-likeness (QED) is 0.859. The molecule has 1 aromatic heterocycles. The Morgan fingerprint density at radius 2 is 1.95 bits per heavy atom. The Morgan fingerprint density at radius 3 is 2.43 bits per heavy atom. The Hall–Kier alpha value is -1.89. The summed E-state index contributed by atoms with van der Waals surface area (Å²) in [6.07, 6.45) is 0.797. The Balaban J connectivity index is 2.00. The van der Waals surface area contributed by atoms with Gasteiger partial charge in [-0.05, 0) is 19.4 Å². The summed E-state index contributed by atoms with van der Waals surface area (Å²) in [4.78, 5) is 27.1. The van der Waals surface area contributed by atoms with Crippen LogP contribution < -0.4 is 0 Å². The molecule has 1 aliphatic heterocycles. The van der Waals surface area contributed by atoms with Crippen molar-refractivity contribution in [1.29, 1.82) is 0 Å². The van der Waals surface area contributed by atoms with Gasteiger partial charge in [0.1, 0.15) is 11.7 Å². The number of carboxylic acids is 1. The largest absolute Gasteiger partial charge is 0.480 e. The first kappa shape index (κ1) is 15.5. The van der Waals surface area contributed by atoms with E-state index in [2.05, 4.69) is 5.10 Å². The van der Waals surface area contributed by atoms with Crippen LogP contribution in [0.25, 0.3) is 0 Å². The zero-order chi connectivity index (χ0) is 15.6. The third kappa shape index (κ3) is 3.24. The number of carbonyl (C=O) groups is 2. The van der Waals surface area contributed by atoms with E-state index in [9.17, 15) is 9.59 Å². The number of amides is 1. The zero-order valence-electron chi connectivity index (χ0n) is 12.7. The van der Waals surface area contributed by atoms with Gasteiger partial charge in [0.15, 0.2) is 0 Å². The van der Waals surface area contributed by atoms with E-state index in [1.165, 1.54) is 0 Å². The molecule has 1 amide bonds. The highest BCUT2D eigenvalue weighted by Gasteiger charge is 2.28. The molecule has 116 valence electrons. The molecule has 1 N–H and O–H groups in total. The predicted molar refractivity (Wildman–Crippen MR) is 77.2 cm³/mol. The number of hydrogen-bond donors (Lipinski definition) is 1. The molecule has 1 aliphatic rings. The number of aromatic nitrogens is 2. The second kappa shape index (κ2) is 6.26. The van der Waals surface area contributed by atoms with E-state index in [1.807, 2.05) is 17.9 Å². The average Bonchev–Trinajstić information content (AvgIpc) is 2.87. The van der Waals surface area contributed by atoms with Gasteiger partial charge in [0.05, 0.1) is 5.69 Å². The minimum atomic E-state index is -0.825. The number of carboxylic acid groups (broad SMARTS) is 1. The van der Waals surface area contributed by atoms with Gasteiger partial charge in [0.2, 0.25) is 0 Å². The van der Waals surface area contributed by atoms with E-state index in [0.29, 0.717) is 31.9 Å². The smallest absolute Gasteiger partial charge is 0.320 e. The molecule has 2 heterocycles. The maximum atomic E-state index is 12.5. The van der Waals surface area contributed by atoms with E-state index in [0.717, 1.165) is 12.1 Å². The highest BCUT2D eigenvalue weighted by molar-refractivity contribution is 5.92. The molecule has 7 nitrogen and oxygen atoms in total. The summed E-state index contributed by atoms with van der Waals surface area (Å²) >= 11 is 0. The van der Waals surface area contributed by atoms with Crippen molar-refractivity contribution in [3.63, 3.8) is 0 Å². The molecular formula is C14H22N4O3. The molecule has 0 aliphatic carbocycles. The van der Waals surface area contributed by atoms with E-state index >= 15 is 0 Å². The van der Waals surface area contributed by atoms with Crippen molar-refractivity contribution in [2.24, 2.45) is 7.05 Å². The number of nitrogens with zero attached hydrogens (tertiary/aromatic N) is 4. The topological polar surface area (TPSA) is 78.7 Å². The first-order chi connectivity index (χ1) is 9.93. The van der Waals surface area contributed by atoms with Gasteiger partial charge < -0.3 is 10.0 Å². The van der Waals surface area contributed by atoms with Crippen LogP contribution in [0.15, 0.2) is 6.07 Å². The monoisotopic (exact) mass is 294 g/mol. The lowest BCUT2D eigenvalue weighted by atomic mass is 10.2. The van der Waals surface area contributed by atoms with E-state index in [-0.39, 0.29) is 5.91 Å². The predicted octanol–water partition coefficient (Wildman–Crippen LogP) is 0.213. The molecule has 1 unspecified atom stereocenters. The number of carbonyl (C=O) groups excluding carboxylic acids is 1. The van der Waals surface area contributed by atoms with Crippen LogP contribution in [0.5, 0.6) is 0 Å². The van der Waals surface area contributed by atoms with Crippen LogP contribution in [0.2, 0.25) is 0 Å². The number of aliphatic carboxylic acids is 1. The van der Waals surface area contributed by atoms with E-state index < -0.39 is 12.0 Å². The minimum Gasteiger partial charge on any atom is -0.480 e. The van der Waals surface area contributed by atoms with Gasteiger partial charge in [-0.3, -0.25) is 19.2 Å². The van der Waals surface area contributed by atoms with Crippen LogP contribution in [0.1, 0.15) is 30.0 Å². The maximum absolute atomic E-state index is 12.5. The fourth-order valence-corrected chi connectivity index (χ4v) is 2.53. The summed E-state index contributed by atoms with van der Waals surface area (Å²) in [6.45, 7) is 5.93. The molecule has 1 saturated heterocycles. The molecule has 0 radical (unpaired) electrons. The highest BCUT2D eigenvalue weighted by Crippen LogP contribution is 2.12. The standard InChI is InChI=1S/C14H22N4O3/c1-4-11-9-12(16(3)15-11)13(19)18-7-5-17(6-8-18)10(2)14(20)21/h9-10H,4-8H2,1-3H3,(H,20,21). The molecule has 1 atom stereocenters. The maximum Gasteiger partial charge on any atom is 0.320 e. The zero-order valence-corrected chi connectivity index (χ0v) is 12.7. The first-order valence-corrected chi connectivity index (χ1v) is 7.23. The molecule has 7 heteroatoms. The van der Waals surface area contributed by atoms with Crippen molar-refractivity contribution in [3.05, 3.63) is 17.5 Å². The van der Waals surface area contributed by atoms with Crippen molar-refractivity contribution >= 4 is 11.9 Å². The lowest BCUT2D eigenvalue weighted by Crippen LogP contribution is -2.53. The van der Waals surface area contributed by atoms with Crippen LogP contribution >= 0.6 is 0 Å². The molecule has 0 bridgehead atoms.